The minimum atomic E-state index is 0. The molecule has 0 saturated carbocycles. The quantitative estimate of drug-likeness (QED) is 0.252. The first-order valence-corrected chi connectivity index (χ1v) is 14.6. The van der Waals surface area contributed by atoms with Crippen LogP contribution in [-0.4, -0.2) is 47.3 Å². The summed E-state index contributed by atoms with van der Waals surface area (Å²) in [5.74, 6) is 0. The van der Waals surface area contributed by atoms with E-state index in [4.69, 9.17) is 0 Å². The maximum Gasteiger partial charge on any atom is -0.412 e. The number of rotatable bonds is 12. The van der Waals surface area contributed by atoms with Gasteiger partial charge >= 0.3 is 139 Å². The molecule has 120 valence electrons. The molecule has 0 aliphatic carbocycles. The fraction of sp³-hybridized carbons (Fsp3) is 1.00. The fourth-order valence-electron chi connectivity index (χ4n) is 1.40. The van der Waals surface area contributed by atoms with Crippen LogP contribution in [0.3, 0.4) is 0 Å². The van der Waals surface area contributed by atoms with Crippen LogP contribution >= 0.6 is 0 Å². The molecule has 1 nitrogen and oxygen atoms in total. The molecule has 0 aromatic carbocycles. The maximum absolute atomic E-state index is 2.29. The van der Waals surface area contributed by atoms with Gasteiger partial charge in [-0.2, -0.15) is 0 Å². The van der Waals surface area contributed by atoms with Crippen LogP contribution in [0.2, 0.25) is 17.9 Å². The van der Waals surface area contributed by atoms with Crippen LogP contribution in [0.5, 0.6) is 0 Å². The van der Waals surface area contributed by atoms with Gasteiger partial charge in [0.25, 0.3) is 0 Å². The van der Waals surface area contributed by atoms with Crippen LogP contribution in [0.1, 0.15) is 79.1 Å². The Bertz CT molecular complexity index is 109. The Labute approximate surface area is 143 Å². The summed E-state index contributed by atoms with van der Waals surface area (Å²) in [5.41, 5.74) is 0. The van der Waals surface area contributed by atoms with Crippen molar-refractivity contribution in [2.75, 3.05) is 0 Å². The van der Waals surface area contributed by atoms with Gasteiger partial charge in [-0.25, -0.2) is 0 Å². The minimum absolute atomic E-state index is 0. The fourth-order valence-corrected chi connectivity index (χ4v) is 6.54. The van der Waals surface area contributed by atoms with Crippen molar-refractivity contribution in [2.45, 2.75) is 96.9 Å². The van der Waals surface area contributed by atoms with Gasteiger partial charge in [0.15, 0.2) is 0 Å². The molecule has 0 aromatic heterocycles. The first-order valence-electron chi connectivity index (χ1n) is 7.98. The van der Waals surface area contributed by atoms with Gasteiger partial charge < -0.3 is 5.48 Å². The topological polar surface area (TPSA) is 31.5 Å². The second-order valence-corrected chi connectivity index (χ2v) is 11.6. The first-order chi connectivity index (χ1) is 8.83. The van der Waals surface area contributed by atoms with Gasteiger partial charge in [0.1, 0.15) is 0 Å². The molecule has 0 spiro atoms. The number of hydrogen-bond donors (Lipinski definition) is 0. The van der Waals surface area contributed by atoms with Gasteiger partial charge in [0, 0.05) is 0 Å². The molecule has 0 bridgehead atoms. The Morgan fingerprint density at radius 3 is 1.16 bits per heavy atom. The van der Waals surface area contributed by atoms with Crippen LogP contribution in [0.15, 0.2) is 0 Å². The van der Waals surface area contributed by atoms with E-state index in [0.29, 0.717) is 41.8 Å². The van der Waals surface area contributed by atoms with E-state index in [-0.39, 0.29) is 5.48 Å². The van der Waals surface area contributed by atoms with Crippen molar-refractivity contribution in [2.24, 2.45) is 0 Å². The monoisotopic (exact) mass is 506 g/mol. The Hall–Kier alpha value is 1.54. The summed E-state index contributed by atoms with van der Waals surface area (Å²) in [7, 11) is 0. The van der Waals surface area contributed by atoms with Crippen molar-refractivity contribution in [3.05, 3.63) is 0 Å². The Kier molecular flexibility index (Phi) is 37.3. The predicted octanol–water partition coefficient (Wildman–Crippen LogP) is 5.43. The average Bonchev–Trinajstić information content (AvgIpc) is 2.39. The SMILES string of the molecule is CCCCC[Te]CCCCC.CCC[Te]CCC.O. The van der Waals surface area contributed by atoms with Gasteiger partial charge in [-0.3, -0.25) is 0 Å². The molecule has 0 rings (SSSR count). The van der Waals surface area contributed by atoms with E-state index >= 15 is 0 Å². The zero-order chi connectivity index (χ0) is 13.9. The van der Waals surface area contributed by atoms with E-state index in [2.05, 4.69) is 27.7 Å². The van der Waals surface area contributed by atoms with Crippen LogP contribution in [0.25, 0.3) is 0 Å². The molecule has 0 aromatic rings. The molecule has 19 heavy (non-hydrogen) atoms. The Morgan fingerprint density at radius 1 is 0.474 bits per heavy atom. The predicted molar refractivity (Wildman–Crippen MR) is 94.0 cm³/mol. The van der Waals surface area contributed by atoms with Gasteiger partial charge in [0.2, 0.25) is 0 Å². The molecular weight excluding hydrogens is 463 g/mol. The molecule has 0 amide bonds. The third-order valence-electron chi connectivity index (χ3n) is 2.48. The third-order valence-corrected chi connectivity index (χ3v) is 9.76. The molecular formula is C16H38OTe2. The van der Waals surface area contributed by atoms with Crippen molar-refractivity contribution in [3.8, 4) is 0 Å². The molecule has 0 aliphatic rings. The van der Waals surface area contributed by atoms with Crippen molar-refractivity contribution < 1.29 is 5.48 Å². The second kappa shape index (κ2) is 27.8. The molecule has 0 unspecified atom stereocenters. The molecule has 0 saturated heterocycles. The van der Waals surface area contributed by atoms with Gasteiger partial charge in [-0.05, 0) is 0 Å². The smallest absolute Gasteiger partial charge is 0.412 e. The second-order valence-electron chi connectivity index (χ2n) is 4.64. The summed E-state index contributed by atoms with van der Waals surface area (Å²) in [4.78, 5) is 0. The zero-order valence-corrected chi connectivity index (χ0v) is 18.5. The third kappa shape index (κ3) is 32.8. The number of hydrogen-bond acceptors (Lipinski definition) is 0. The van der Waals surface area contributed by atoms with E-state index in [1.807, 2.05) is 0 Å². The van der Waals surface area contributed by atoms with Crippen molar-refractivity contribution in [1.29, 1.82) is 0 Å². The van der Waals surface area contributed by atoms with Crippen molar-refractivity contribution in [3.63, 3.8) is 0 Å². The summed E-state index contributed by atoms with van der Waals surface area (Å²) in [6, 6.07) is 0. The van der Waals surface area contributed by atoms with Crippen LogP contribution in [0.4, 0.5) is 0 Å². The van der Waals surface area contributed by atoms with Crippen LogP contribution < -0.4 is 0 Å². The Morgan fingerprint density at radius 2 is 0.842 bits per heavy atom. The molecule has 0 radical (unpaired) electrons. The van der Waals surface area contributed by atoms with E-state index in [9.17, 15) is 0 Å². The normalized spacial score (nSPS) is 9.47. The van der Waals surface area contributed by atoms with E-state index in [0.717, 1.165) is 0 Å². The summed E-state index contributed by atoms with van der Waals surface area (Å²) in [6.07, 6.45) is 11.6. The summed E-state index contributed by atoms with van der Waals surface area (Å²) in [5, 5.41) is 0. The Balaban J connectivity index is -0.000000280. The van der Waals surface area contributed by atoms with Crippen molar-refractivity contribution >= 4 is 41.8 Å². The minimum Gasteiger partial charge on any atom is -0.412 e. The van der Waals surface area contributed by atoms with E-state index < -0.39 is 0 Å². The van der Waals surface area contributed by atoms with Crippen LogP contribution in [-0.2, 0) is 0 Å². The first kappa shape index (κ1) is 25.5. The van der Waals surface area contributed by atoms with Crippen LogP contribution in [0, 0.1) is 0 Å². The van der Waals surface area contributed by atoms with E-state index in [1.54, 1.807) is 17.9 Å². The zero-order valence-electron chi connectivity index (χ0n) is 13.8. The molecule has 2 N–H and O–H groups in total. The van der Waals surface area contributed by atoms with E-state index in [1.165, 1.54) is 51.4 Å². The number of unbranched alkanes of at least 4 members (excludes halogenated alkanes) is 4. The molecule has 3 heteroatoms. The maximum atomic E-state index is 2.29. The van der Waals surface area contributed by atoms with Gasteiger partial charge in [-0.1, -0.05) is 0 Å². The average molecular weight is 502 g/mol. The summed E-state index contributed by atoms with van der Waals surface area (Å²) < 4.78 is 6.31. The summed E-state index contributed by atoms with van der Waals surface area (Å²) >= 11 is 0.918. The standard InChI is InChI=1S/C10H22Te.C6H14Te.H2O/c1-3-5-7-9-11-10-8-6-4-2;1-3-5-7-6-4-2;/h3-10H2,1-2H3;3-6H2,1-2H3;1H2. The molecule has 0 fully saturated rings. The van der Waals surface area contributed by atoms with Crippen molar-refractivity contribution in [1.82, 2.24) is 0 Å². The molecule has 0 atom stereocenters. The van der Waals surface area contributed by atoms with Gasteiger partial charge in [0.05, 0.1) is 0 Å². The molecule has 0 aliphatic heterocycles. The summed E-state index contributed by atoms with van der Waals surface area (Å²) in [6.45, 7) is 9.14. The van der Waals surface area contributed by atoms with Gasteiger partial charge in [-0.15, -0.1) is 0 Å². The largest absolute Gasteiger partial charge is 0.412 e. The molecule has 0 heterocycles.